The predicted molar refractivity (Wildman–Crippen MR) is 65.0 cm³/mol. The summed E-state index contributed by atoms with van der Waals surface area (Å²) in [6.45, 7) is 3.39. The maximum absolute atomic E-state index is 11.1. The fraction of sp³-hybridized carbons (Fsp3) is 0.333. The Morgan fingerprint density at radius 1 is 1.25 bits per heavy atom. The van der Waals surface area contributed by atoms with Gasteiger partial charge >= 0.3 is 5.97 Å². The van der Waals surface area contributed by atoms with Gasteiger partial charge in [-0.05, 0) is 12.2 Å². The van der Waals surface area contributed by atoms with Crippen LogP contribution in [-0.2, 0) is 14.3 Å². The molecule has 3 nitrogen and oxygen atoms in total. The minimum atomic E-state index is -0.295. The van der Waals surface area contributed by atoms with Crippen molar-refractivity contribution in [3.63, 3.8) is 0 Å². The Kier molecular flexibility index (Phi) is 4.92. The predicted octanol–water partition coefficient (Wildman–Crippen LogP) is 2.54. The van der Waals surface area contributed by atoms with Gasteiger partial charge in [-0.1, -0.05) is 44.2 Å². The van der Waals surface area contributed by atoms with Crippen LogP contribution in [0.1, 0.15) is 19.4 Å². The summed E-state index contributed by atoms with van der Waals surface area (Å²) >= 11 is 5.02. The molecule has 0 aliphatic heterocycles. The van der Waals surface area contributed by atoms with Gasteiger partial charge in [-0.3, -0.25) is 4.79 Å². The van der Waals surface area contributed by atoms with Crippen LogP contribution in [0.3, 0.4) is 0 Å². The van der Waals surface area contributed by atoms with Gasteiger partial charge in [-0.2, -0.15) is 0 Å². The number of thiocarbonyl (C=S) groups is 1. The molecule has 0 saturated heterocycles. The Morgan fingerprint density at radius 3 is 2.44 bits per heavy atom. The molecule has 1 rings (SSSR count). The van der Waals surface area contributed by atoms with Gasteiger partial charge in [0.25, 0.3) is 0 Å². The highest BCUT2D eigenvalue weighted by atomic mass is 32.1. The molecule has 0 aromatic heterocycles. The number of esters is 1. The zero-order valence-corrected chi connectivity index (χ0v) is 10.1. The Labute approximate surface area is 100 Å². The third-order valence-corrected chi connectivity index (χ3v) is 2.23. The second kappa shape index (κ2) is 6.23. The number of ether oxygens (including phenoxy) is 2. The van der Waals surface area contributed by atoms with Crippen LogP contribution in [0.4, 0.5) is 0 Å². The van der Waals surface area contributed by atoms with Crippen LogP contribution in [0.5, 0.6) is 0 Å². The van der Waals surface area contributed by atoms with E-state index in [1.54, 1.807) is 13.8 Å². The first-order valence-electron chi connectivity index (χ1n) is 5.00. The van der Waals surface area contributed by atoms with Crippen molar-refractivity contribution in [1.29, 1.82) is 0 Å². The standard InChI is InChI=1S/C12H14O3S/c1-9(2)11(13)14-8-15-12(16)10-6-4-3-5-7-10/h3-7,9H,8H2,1-2H3. The van der Waals surface area contributed by atoms with Gasteiger partial charge in [0.05, 0.1) is 5.92 Å². The highest BCUT2D eigenvalue weighted by Crippen LogP contribution is 2.03. The Bertz CT molecular complexity index is 360. The number of hydrogen-bond acceptors (Lipinski definition) is 4. The Balaban J connectivity index is 2.34. The molecule has 0 spiro atoms. The van der Waals surface area contributed by atoms with E-state index in [1.165, 1.54) is 0 Å². The van der Waals surface area contributed by atoms with E-state index in [4.69, 9.17) is 21.7 Å². The highest BCUT2D eigenvalue weighted by Gasteiger charge is 2.08. The summed E-state index contributed by atoms with van der Waals surface area (Å²) in [6, 6.07) is 9.31. The molecule has 16 heavy (non-hydrogen) atoms. The first kappa shape index (κ1) is 12.6. The highest BCUT2D eigenvalue weighted by molar-refractivity contribution is 7.80. The van der Waals surface area contributed by atoms with Crippen molar-refractivity contribution in [1.82, 2.24) is 0 Å². The summed E-state index contributed by atoms with van der Waals surface area (Å²) < 4.78 is 9.98. The number of hydrogen-bond donors (Lipinski definition) is 0. The molecule has 4 heteroatoms. The molecule has 0 heterocycles. The summed E-state index contributed by atoms with van der Waals surface area (Å²) in [6.07, 6.45) is 0. The van der Waals surface area contributed by atoms with E-state index in [-0.39, 0.29) is 18.7 Å². The summed E-state index contributed by atoms with van der Waals surface area (Å²) in [5.74, 6) is -0.454. The molecule has 0 unspecified atom stereocenters. The molecule has 0 N–H and O–H groups in total. The molecule has 0 aliphatic rings. The maximum atomic E-state index is 11.1. The fourth-order valence-electron chi connectivity index (χ4n) is 0.965. The molecule has 0 amide bonds. The van der Waals surface area contributed by atoms with Crippen LogP contribution in [0.15, 0.2) is 30.3 Å². The SMILES string of the molecule is CC(C)C(=O)OCOC(=S)c1ccccc1. The summed E-state index contributed by atoms with van der Waals surface area (Å²) in [7, 11) is 0. The minimum absolute atomic E-state index is 0.134. The lowest BCUT2D eigenvalue weighted by Gasteiger charge is -2.09. The van der Waals surface area contributed by atoms with E-state index in [0.29, 0.717) is 5.05 Å². The summed E-state index contributed by atoms with van der Waals surface area (Å²) in [5, 5.41) is 0.331. The summed E-state index contributed by atoms with van der Waals surface area (Å²) in [4.78, 5) is 11.1. The average Bonchev–Trinajstić information content (AvgIpc) is 2.29. The number of benzene rings is 1. The van der Waals surface area contributed by atoms with E-state index < -0.39 is 0 Å². The maximum Gasteiger partial charge on any atom is 0.311 e. The monoisotopic (exact) mass is 238 g/mol. The lowest BCUT2D eigenvalue weighted by atomic mass is 10.2. The van der Waals surface area contributed by atoms with Gasteiger partial charge in [0.15, 0.2) is 5.05 Å². The second-order valence-electron chi connectivity index (χ2n) is 3.53. The van der Waals surface area contributed by atoms with Crippen molar-refractivity contribution in [3.05, 3.63) is 35.9 Å². The number of carbonyl (C=O) groups is 1. The van der Waals surface area contributed by atoms with E-state index in [0.717, 1.165) is 5.56 Å². The van der Waals surface area contributed by atoms with Gasteiger partial charge in [0.2, 0.25) is 6.79 Å². The zero-order chi connectivity index (χ0) is 12.0. The normalized spacial score (nSPS) is 9.94. The van der Waals surface area contributed by atoms with Gasteiger partial charge < -0.3 is 9.47 Å². The lowest BCUT2D eigenvalue weighted by molar-refractivity contribution is -0.154. The third-order valence-electron chi connectivity index (χ3n) is 1.87. The van der Waals surface area contributed by atoms with Gasteiger partial charge in [-0.15, -0.1) is 0 Å². The number of rotatable bonds is 4. The van der Waals surface area contributed by atoms with E-state index in [2.05, 4.69) is 0 Å². The smallest absolute Gasteiger partial charge is 0.311 e. The molecule has 1 aromatic rings. The molecule has 1 aromatic carbocycles. The molecule has 0 radical (unpaired) electrons. The largest absolute Gasteiger partial charge is 0.446 e. The van der Waals surface area contributed by atoms with E-state index >= 15 is 0 Å². The van der Waals surface area contributed by atoms with Crippen molar-refractivity contribution in [2.45, 2.75) is 13.8 Å². The Morgan fingerprint density at radius 2 is 1.88 bits per heavy atom. The fourth-order valence-corrected chi connectivity index (χ4v) is 1.15. The summed E-state index contributed by atoms with van der Waals surface area (Å²) in [5.41, 5.74) is 0.804. The van der Waals surface area contributed by atoms with Crippen LogP contribution >= 0.6 is 12.2 Å². The van der Waals surface area contributed by atoms with Crippen LogP contribution in [0.2, 0.25) is 0 Å². The van der Waals surface area contributed by atoms with Crippen LogP contribution in [-0.4, -0.2) is 17.8 Å². The van der Waals surface area contributed by atoms with Crippen molar-refractivity contribution in [2.75, 3.05) is 6.79 Å². The van der Waals surface area contributed by atoms with Gasteiger partial charge in [0, 0.05) is 5.56 Å². The van der Waals surface area contributed by atoms with Gasteiger partial charge in [-0.25, -0.2) is 0 Å². The zero-order valence-electron chi connectivity index (χ0n) is 9.30. The molecule has 0 atom stereocenters. The molecular formula is C12H14O3S. The van der Waals surface area contributed by atoms with Crippen LogP contribution < -0.4 is 0 Å². The molecule has 0 aliphatic carbocycles. The van der Waals surface area contributed by atoms with Crippen molar-refractivity contribution >= 4 is 23.2 Å². The first-order valence-corrected chi connectivity index (χ1v) is 5.41. The Hall–Kier alpha value is -1.42. The topological polar surface area (TPSA) is 35.5 Å². The lowest BCUT2D eigenvalue weighted by Crippen LogP contribution is -2.16. The first-order chi connectivity index (χ1) is 7.61. The van der Waals surface area contributed by atoms with Gasteiger partial charge in [0.1, 0.15) is 0 Å². The molecule has 0 fully saturated rings. The van der Waals surface area contributed by atoms with Crippen molar-refractivity contribution < 1.29 is 14.3 Å². The molecule has 0 bridgehead atoms. The van der Waals surface area contributed by atoms with Crippen LogP contribution in [0.25, 0.3) is 0 Å². The van der Waals surface area contributed by atoms with E-state index in [9.17, 15) is 4.79 Å². The molecule has 86 valence electrons. The second-order valence-corrected chi connectivity index (χ2v) is 3.90. The average molecular weight is 238 g/mol. The third kappa shape index (κ3) is 3.98. The van der Waals surface area contributed by atoms with E-state index in [1.807, 2.05) is 30.3 Å². The molecular weight excluding hydrogens is 224 g/mol. The van der Waals surface area contributed by atoms with Crippen molar-refractivity contribution in [2.24, 2.45) is 5.92 Å². The number of carbonyl (C=O) groups excluding carboxylic acids is 1. The van der Waals surface area contributed by atoms with Crippen molar-refractivity contribution in [3.8, 4) is 0 Å². The quantitative estimate of drug-likeness (QED) is 0.459. The van der Waals surface area contributed by atoms with Crippen LogP contribution in [0, 0.1) is 5.92 Å². The molecule has 0 saturated carbocycles. The minimum Gasteiger partial charge on any atom is -0.446 e.